The summed E-state index contributed by atoms with van der Waals surface area (Å²) in [7, 11) is 0. The maximum absolute atomic E-state index is 5.97. The number of hydrogen-bond donors (Lipinski definition) is 1. The number of benzene rings is 3. The number of rotatable bonds is 7. The van der Waals surface area contributed by atoms with Crippen LogP contribution in [-0.4, -0.2) is 19.8 Å². The van der Waals surface area contributed by atoms with E-state index in [2.05, 4.69) is 39.6 Å². The van der Waals surface area contributed by atoms with Crippen molar-refractivity contribution in [2.45, 2.75) is 19.6 Å². The molecule has 4 nitrogen and oxygen atoms in total. The maximum Gasteiger partial charge on any atom is 0.175 e. The first-order chi connectivity index (χ1) is 15.2. The minimum absolute atomic E-state index is 0.643. The van der Waals surface area contributed by atoms with Gasteiger partial charge in [0.1, 0.15) is 0 Å². The summed E-state index contributed by atoms with van der Waals surface area (Å²) in [4.78, 5) is 2.15. The molecule has 0 atom stereocenters. The van der Waals surface area contributed by atoms with Gasteiger partial charge in [-0.3, -0.25) is 4.68 Å². The number of halogens is 1. The van der Waals surface area contributed by atoms with E-state index in [9.17, 15) is 0 Å². The van der Waals surface area contributed by atoms with Gasteiger partial charge in [-0.1, -0.05) is 84.4 Å². The van der Waals surface area contributed by atoms with Gasteiger partial charge in [-0.05, 0) is 41.0 Å². The van der Waals surface area contributed by atoms with E-state index < -0.39 is 0 Å². The Morgan fingerprint density at radius 3 is 1.97 bits per heavy atom. The third-order valence-electron chi connectivity index (χ3n) is 4.85. The SMILES string of the molecule is S=C(Nc1ccn(Cc2ccc(Cl)cc2)n1)N(Cc1ccccc1)Cc1ccccc1. The molecule has 0 amide bonds. The van der Waals surface area contributed by atoms with Gasteiger partial charge >= 0.3 is 0 Å². The molecule has 1 N–H and O–H groups in total. The Kier molecular flexibility index (Phi) is 6.97. The molecule has 6 heteroatoms. The minimum atomic E-state index is 0.643. The summed E-state index contributed by atoms with van der Waals surface area (Å²) >= 11 is 11.7. The molecule has 0 aliphatic carbocycles. The monoisotopic (exact) mass is 446 g/mol. The Bertz CT molecular complexity index is 1070. The summed E-state index contributed by atoms with van der Waals surface area (Å²) in [5.41, 5.74) is 3.54. The van der Waals surface area contributed by atoms with Crippen molar-refractivity contribution in [2.75, 3.05) is 5.32 Å². The lowest BCUT2D eigenvalue weighted by atomic mass is 10.2. The first kappa shape index (κ1) is 21.1. The fraction of sp³-hybridized carbons (Fsp3) is 0.120. The molecule has 1 heterocycles. The lowest BCUT2D eigenvalue weighted by Crippen LogP contribution is -2.34. The summed E-state index contributed by atoms with van der Waals surface area (Å²) in [6, 6.07) is 30.4. The molecule has 0 saturated carbocycles. The second kappa shape index (κ2) is 10.2. The molecule has 0 bridgehead atoms. The highest BCUT2D eigenvalue weighted by molar-refractivity contribution is 7.80. The van der Waals surface area contributed by atoms with E-state index in [0.29, 0.717) is 24.7 Å². The number of hydrogen-bond acceptors (Lipinski definition) is 2. The molecule has 4 aromatic rings. The molecule has 0 fully saturated rings. The fourth-order valence-corrected chi connectivity index (χ4v) is 3.65. The number of anilines is 1. The molecule has 0 unspecified atom stereocenters. The third kappa shape index (κ3) is 6.17. The highest BCUT2D eigenvalue weighted by Crippen LogP contribution is 2.14. The van der Waals surface area contributed by atoms with Crippen molar-refractivity contribution < 1.29 is 0 Å². The van der Waals surface area contributed by atoms with Gasteiger partial charge in [0, 0.05) is 30.4 Å². The average Bonchev–Trinajstić information content (AvgIpc) is 3.23. The normalized spacial score (nSPS) is 10.6. The van der Waals surface area contributed by atoms with Crippen LogP contribution in [0.3, 0.4) is 0 Å². The van der Waals surface area contributed by atoms with E-state index in [1.807, 2.05) is 77.6 Å². The Labute approximate surface area is 193 Å². The van der Waals surface area contributed by atoms with E-state index in [1.54, 1.807) is 0 Å². The van der Waals surface area contributed by atoms with E-state index in [0.717, 1.165) is 16.4 Å². The van der Waals surface area contributed by atoms with Crippen molar-refractivity contribution in [2.24, 2.45) is 0 Å². The second-order valence-electron chi connectivity index (χ2n) is 7.28. The number of nitrogens with one attached hydrogen (secondary N) is 1. The molecule has 3 aromatic carbocycles. The molecular weight excluding hydrogens is 424 g/mol. The molecule has 4 rings (SSSR count). The predicted octanol–water partition coefficient (Wildman–Crippen LogP) is 5.98. The summed E-state index contributed by atoms with van der Waals surface area (Å²) < 4.78 is 1.88. The van der Waals surface area contributed by atoms with Gasteiger partial charge in [-0.15, -0.1) is 0 Å². The van der Waals surface area contributed by atoms with Crippen LogP contribution in [0.5, 0.6) is 0 Å². The van der Waals surface area contributed by atoms with Crippen LogP contribution in [0.1, 0.15) is 16.7 Å². The molecule has 31 heavy (non-hydrogen) atoms. The quantitative estimate of drug-likeness (QED) is 0.354. The summed E-state index contributed by atoms with van der Waals surface area (Å²) in [5.74, 6) is 0.727. The number of aromatic nitrogens is 2. The van der Waals surface area contributed by atoms with Crippen LogP contribution in [0.4, 0.5) is 5.82 Å². The smallest absolute Gasteiger partial charge is 0.175 e. The van der Waals surface area contributed by atoms with Crippen molar-refractivity contribution >= 4 is 34.7 Å². The molecule has 1 aromatic heterocycles. The predicted molar refractivity (Wildman–Crippen MR) is 131 cm³/mol. The van der Waals surface area contributed by atoms with Gasteiger partial charge in [0.15, 0.2) is 10.9 Å². The standard InChI is InChI=1S/C25H23ClN4S/c26-23-13-11-22(12-14-23)19-30-16-15-24(28-30)27-25(31)29(17-20-7-3-1-4-8-20)18-21-9-5-2-6-10-21/h1-16H,17-19H2,(H,27,28,31). The van der Waals surface area contributed by atoms with Gasteiger partial charge in [0.25, 0.3) is 0 Å². The molecule has 0 aliphatic rings. The van der Waals surface area contributed by atoms with Gasteiger partial charge in [0.2, 0.25) is 0 Å². The summed E-state index contributed by atoms with van der Waals surface area (Å²) in [6.45, 7) is 2.10. The average molecular weight is 447 g/mol. The van der Waals surface area contributed by atoms with Crippen molar-refractivity contribution in [1.29, 1.82) is 0 Å². The van der Waals surface area contributed by atoms with E-state index in [1.165, 1.54) is 11.1 Å². The Hall–Kier alpha value is -3.15. The first-order valence-electron chi connectivity index (χ1n) is 10.1. The molecule has 0 saturated heterocycles. The number of nitrogens with zero attached hydrogens (tertiary/aromatic N) is 3. The third-order valence-corrected chi connectivity index (χ3v) is 5.47. The topological polar surface area (TPSA) is 33.1 Å². The zero-order valence-corrected chi connectivity index (χ0v) is 18.6. The van der Waals surface area contributed by atoms with Crippen LogP contribution in [0.15, 0.2) is 97.2 Å². The maximum atomic E-state index is 5.97. The first-order valence-corrected chi connectivity index (χ1v) is 10.9. The second-order valence-corrected chi connectivity index (χ2v) is 8.11. The Balaban J connectivity index is 1.45. The van der Waals surface area contributed by atoms with Gasteiger partial charge < -0.3 is 10.2 Å². The van der Waals surface area contributed by atoms with Crippen LogP contribution >= 0.6 is 23.8 Å². The van der Waals surface area contributed by atoms with E-state index in [-0.39, 0.29) is 0 Å². The van der Waals surface area contributed by atoms with Crippen LogP contribution in [0.2, 0.25) is 5.02 Å². The molecule has 156 valence electrons. The van der Waals surface area contributed by atoms with Crippen LogP contribution < -0.4 is 5.32 Å². The van der Waals surface area contributed by atoms with Crippen molar-refractivity contribution in [3.63, 3.8) is 0 Å². The van der Waals surface area contributed by atoms with Crippen molar-refractivity contribution in [1.82, 2.24) is 14.7 Å². The summed E-state index contributed by atoms with van der Waals surface area (Å²) in [5, 5.41) is 9.30. The molecule has 0 spiro atoms. The molecule has 0 radical (unpaired) electrons. The van der Waals surface area contributed by atoms with Crippen LogP contribution in [0, 0.1) is 0 Å². The largest absolute Gasteiger partial charge is 0.340 e. The summed E-state index contributed by atoms with van der Waals surface area (Å²) in [6.07, 6.45) is 1.94. The Morgan fingerprint density at radius 1 is 0.806 bits per heavy atom. The van der Waals surface area contributed by atoms with Gasteiger partial charge in [-0.2, -0.15) is 5.10 Å². The van der Waals surface area contributed by atoms with Crippen molar-refractivity contribution in [3.05, 3.63) is 119 Å². The molecule has 0 aliphatic heterocycles. The lowest BCUT2D eigenvalue weighted by molar-refractivity contribution is 0.412. The fourth-order valence-electron chi connectivity index (χ4n) is 3.29. The van der Waals surface area contributed by atoms with Crippen LogP contribution in [-0.2, 0) is 19.6 Å². The molecular formula is C25H23ClN4S. The Morgan fingerprint density at radius 2 is 1.39 bits per heavy atom. The van der Waals surface area contributed by atoms with Gasteiger partial charge in [0.05, 0.1) is 6.54 Å². The van der Waals surface area contributed by atoms with Crippen LogP contribution in [0.25, 0.3) is 0 Å². The van der Waals surface area contributed by atoms with Gasteiger partial charge in [-0.25, -0.2) is 0 Å². The highest BCUT2D eigenvalue weighted by atomic mass is 35.5. The van der Waals surface area contributed by atoms with Crippen molar-refractivity contribution in [3.8, 4) is 0 Å². The number of thiocarbonyl (C=S) groups is 1. The minimum Gasteiger partial charge on any atom is -0.340 e. The highest BCUT2D eigenvalue weighted by Gasteiger charge is 2.13. The zero-order chi connectivity index (χ0) is 21.5. The zero-order valence-electron chi connectivity index (χ0n) is 17.0. The van der Waals surface area contributed by atoms with E-state index >= 15 is 0 Å². The van der Waals surface area contributed by atoms with E-state index in [4.69, 9.17) is 23.8 Å². The lowest BCUT2D eigenvalue weighted by Gasteiger charge is -2.25.